The van der Waals surface area contributed by atoms with Crippen LogP contribution in [0.25, 0.3) is 99.5 Å². The van der Waals surface area contributed by atoms with E-state index in [1.54, 1.807) is 0 Å². The number of furan rings is 2. The molecule has 2 aromatic heterocycles. The molecule has 14 rings (SSSR count). The Balaban J connectivity index is 0.920. The van der Waals surface area contributed by atoms with Crippen LogP contribution in [0.4, 0.5) is 17.1 Å². The van der Waals surface area contributed by atoms with E-state index in [2.05, 4.69) is 221 Å². The SMILES string of the molecule is CC1(C)c2ccccc2-c2ccc(-c3cc(-c4ccc(N(c5ccc6oc7ccccc7c6c5)c5ccc6oc7ccccc7c6c5)cc4)cc(-c4ccc5c(c4)C(C)(C)c4ccccc4-5)c3)cc21. The van der Waals surface area contributed by atoms with Gasteiger partial charge in [-0.1, -0.05) is 149 Å². The number of hydrogen-bond donors (Lipinski definition) is 0. The first-order chi connectivity index (χ1) is 33.7. The van der Waals surface area contributed by atoms with Crippen LogP contribution >= 0.6 is 0 Å². The summed E-state index contributed by atoms with van der Waals surface area (Å²) in [6.07, 6.45) is 0. The highest BCUT2D eigenvalue weighted by Crippen LogP contribution is 2.52. The molecule has 12 aromatic rings. The fourth-order valence-corrected chi connectivity index (χ4v) is 11.9. The molecule has 0 spiro atoms. The molecular weight excluding hydrogens is 839 g/mol. The Kier molecular flexibility index (Phi) is 8.38. The summed E-state index contributed by atoms with van der Waals surface area (Å²) in [4.78, 5) is 2.35. The van der Waals surface area contributed by atoms with Crippen molar-refractivity contribution in [3.63, 3.8) is 0 Å². The third-order valence-corrected chi connectivity index (χ3v) is 15.5. The van der Waals surface area contributed by atoms with E-state index >= 15 is 0 Å². The molecule has 0 saturated carbocycles. The van der Waals surface area contributed by atoms with Crippen molar-refractivity contribution in [3.8, 4) is 55.6 Å². The van der Waals surface area contributed by atoms with Crippen molar-refractivity contribution in [2.24, 2.45) is 0 Å². The molecule has 3 heteroatoms. The second kappa shape index (κ2) is 14.6. The Morgan fingerprint density at radius 3 is 1.14 bits per heavy atom. The molecule has 69 heavy (non-hydrogen) atoms. The lowest BCUT2D eigenvalue weighted by Crippen LogP contribution is -2.15. The molecule has 0 saturated heterocycles. The van der Waals surface area contributed by atoms with Crippen molar-refractivity contribution >= 4 is 60.9 Å². The molecular formula is C66H47NO2. The predicted molar refractivity (Wildman–Crippen MR) is 287 cm³/mol. The van der Waals surface area contributed by atoms with E-state index < -0.39 is 0 Å². The van der Waals surface area contributed by atoms with Gasteiger partial charge in [-0.15, -0.1) is 0 Å². The van der Waals surface area contributed by atoms with Gasteiger partial charge >= 0.3 is 0 Å². The standard InChI is InChI=1S/C66H47NO2/c1-65(2)57-17-9-5-13-49(57)51-29-23-41(36-59(51)65)44-33-43(34-45(35-44)42-24-30-52-50-14-6-10-18-58(50)66(3,4)60(52)37-42)40-21-25-46(26-22-40)67(47-27-31-63-55(38-47)53-15-7-11-19-61(53)68-63)48-28-32-64-56(39-48)54-16-8-12-20-62(54)69-64/h5-39H,1-4H3. The van der Waals surface area contributed by atoms with E-state index in [-0.39, 0.29) is 10.8 Å². The van der Waals surface area contributed by atoms with Crippen molar-refractivity contribution in [3.05, 3.63) is 235 Å². The molecule has 2 aliphatic rings. The molecule has 0 aliphatic heterocycles. The molecule has 10 aromatic carbocycles. The molecule has 328 valence electrons. The quantitative estimate of drug-likeness (QED) is 0.167. The second-order valence-electron chi connectivity index (χ2n) is 20.1. The molecule has 0 bridgehead atoms. The van der Waals surface area contributed by atoms with Gasteiger partial charge < -0.3 is 13.7 Å². The molecule has 0 radical (unpaired) electrons. The minimum Gasteiger partial charge on any atom is -0.456 e. The highest BCUT2D eigenvalue weighted by atomic mass is 16.3. The Morgan fingerprint density at radius 2 is 0.652 bits per heavy atom. The number of hydrogen-bond acceptors (Lipinski definition) is 3. The lowest BCUT2D eigenvalue weighted by Gasteiger charge is -2.26. The third-order valence-electron chi connectivity index (χ3n) is 15.5. The van der Waals surface area contributed by atoms with Crippen LogP contribution in [-0.2, 0) is 10.8 Å². The number of rotatable bonds is 6. The number of para-hydroxylation sites is 2. The topological polar surface area (TPSA) is 29.5 Å². The summed E-state index contributed by atoms with van der Waals surface area (Å²) in [5, 5.41) is 4.37. The molecule has 0 atom stereocenters. The van der Waals surface area contributed by atoms with Gasteiger partial charge in [0.1, 0.15) is 22.3 Å². The van der Waals surface area contributed by atoms with Gasteiger partial charge in [0.15, 0.2) is 0 Å². The van der Waals surface area contributed by atoms with Crippen LogP contribution in [0, 0.1) is 0 Å². The third kappa shape index (κ3) is 6.00. The number of fused-ring (bicyclic) bond motifs is 12. The zero-order chi connectivity index (χ0) is 46.2. The fourth-order valence-electron chi connectivity index (χ4n) is 11.9. The molecule has 2 aliphatic carbocycles. The molecule has 0 N–H and O–H groups in total. The Morgan fingerprint density at radius 1 is 0.275 bits per heavy atom. The Bertz CT molecular complexity index is 3850. The molecule has 3 nitrogen and oxygen atoms in total. The zero-order valence-corrected chi connectivity index (χ0v) is 39.0. The van der Waals surface area contributed by atoms with Gasteiger partial charge in [0.05, 0.1) is 0 Å². The molecule has 0 fully saturated rings. The van der Waals surface area contributed by atoms with Gasteiger partial charge in [-0.25, -0.2) is 0 Å². The summed E-state index contributed by atoms with van der Waals surface area (Å²) in [6, 6.07) is 77.9. The van der Waals surface area contributed by atoms with Crippen molar-refractivity contribution in [1.82, 2.24) is 0 Å². The Labute approximate surface area is 401 Å². The van der Waals surface area contributed by atoms with E-state index in [1.807, 2.05) is 24.3 Å². The first-order valence-electron chi connectivity index (χ1n) is 24.1. The highest BCUT2D eigenvalue weighted by Gasteiger charge is 2.37. The highest BCUT2D eigenvalue weighted by molar-refractivity contribution is 6.08. The van der Waals surface area contributed by atoms with Crippen LogP contribution in [0.15, 0.2) is 221 Å². The average Bonchev–Trinajstić information content (AvgIpc) is 4.08. The number of nitrogens with zero attached hydrogens (tertiary/aromatic N) is 1. The van der Waals surface area contributed by atoms with Gasteiger partial charge in [-0.05, 0) is 169 Å². The minimum absolute atomic E-state index is 0.102. The van der Waals surface area contributed by atoms with E-state index in [0.717, 1.165) is 66.5 Å². The monoisotopic (exact) mass is 885 g/mol. The van der Waals surface area contributed by atoms with Crippen LogP contribution in [0.3, 0.4) is 0 Å². The largest absolute Gasteiger partial charge is 0.456 e. The smallest absolute Gasteiger partial charge is 0.135 e. The first-order valence-corrected chi connectivity index (χ1v) is 24.1. The van der Waals surface area contributed by atoms with Crippen molar-refractivity contribution in [2.45, 2.75) is 38.5 Å². The normalized spacial score (nSPS) is 14.0. The lowest BCUT2D eigenvalue weighted by molar-refractivity contribution is 0.660. The number of benzene rings is 10. The van der Waals surface area contributed by atoms with E-state index in [0.29, 0.717) is 0 Å². The van der Waals surface area contributed by atoms with Crippen LogP contribution in [0.5, 0.6) is 0 Å². The van der Waals surface area contributed by atoms with Crippen molar-refractivity contribution in [2.75, 3.05) is 4.90 Å². The van der Waals surface area contributed by atoms with Crippen LogP contribution in [0.2, 0.25) is 0 Å². The van der Waals surface area contributed by atoms with Crippen LogP contribution < -0.4 is 4.90 Å². The lowest BCUT2D eigenvalue weighted by atomic mass is 9.81. The fraction of sp³-hybridized carbons (Fsp3) is 0.0909. The minimum atomic E-state index is -0.102. The van der Waals surface area contributed by atoms with Crippen molar-refractivity contribution in [1.29, 1.82) is 0 Å². The molecule has 0 amide bonds. The van der Waals surface area contributed by atoms with Gasteiger partial charge in [0.2, 0.25) is 0 Å². The maximum absolute atomic E-state index is 6.30. The molecule has 2 heterocycles. The maximum Gasteiger partial charge on any atom is 0.135 e. The summed E-state index contributed by atoms with van der Waals surface area (Å²) in [6.45, 7) is 9.46. The summed E-state index contributed by atoms with van der Waals surface area (Å²) in [5.41, 5.74) is 24.5. The van der Waals surface area contributed by atoms with E-state index in [1.165, 1.54) is 72.3 Å². The van der Waals surface area contributed by atoms with Gasteiger partial charge in [0.25, 0.3) is 0 Å². The van der Waals surface area contributed by atoms with E-state index in [9.17, 15) is 0 Å². The average molecular weight is 886 g/mol. The Hall–Kier alpha value is -8.40. The maximum atomic E-state index is 6.30. The van der Waals surface area contributed by atoms with E-state index in [4.69, 9.17) is 8.83 Å². The van der Waals surface area contributed by atoms with Crippen molar-refractivity contribution < 1.29 is 8.83 Å². The predicted octanol–water partition coefficient (Wildman–Crippen LogP) is 18.6. The second-order valence-corrected chi connectivity index (χ2v) is 20.1. The zero-order valence-electron chi connectivity index (χ0n) is 39.0. The van der Waals surface area contributed by atoms with Crippen LogP contribution in [0.1, 0.15) is 49.9 Å². The van der Waals surface area contributed by atoms with Gasteiger partial charge in [-0.3, -0.25) is 0 Å². The summed E-state index contributed by atoms with van der Waals surface area (Å²) in [5.74, 6) is 0. The molecule has 0 unspecified atom stereocenters. The summed E-state index contributed by atoms with van der Waals surface area (Å²) < 4.78 is 12.6. The summed E-state index contributed by atoms with van der Waals surface area (Å²) in [7, 11) is 0. The van der Waals surface area contributed by atoms with Gasteiger partial charge in [-0.2, -0.15) is 0 Å². The van der Waals surface area contributed by atoms with Crippen LogP contribution in [-0.4, -0.2) is 0 Å². The number of anilines is 3. The van der Waals surface area contributed by atoms with Gasteiger partial charge in [0, 0.05) is 49.4 Å². The summed E-state index contributed by atoms with van der Waals surface area (Å²) >= 11 is 0. The first kappa shape index (κ1) is 39.7.